The van der Waals surface area contributed by atoms with Crippen molar-refractivity contribution < 1.29 is 5.11 Å². The zero-order chi connectivity index (χ0) is 9.84. The molecule has 0 radical (unpaired) electrons. The molecule has 0 aliphatic heterocycles. The number of thioether (sulfide) groups is 1. The molecule has 1 aromatic rings. The first-order valence-corrected chi connectivity index (χ1v) is 5.92. The molecule has 0 aromatic heterocycles. The molecule has 0 heterocycles. The number of aliphatic hydroxyl groups is 1. The fraction of sp³-hybridized carbons (Fsp3) is 0.333. The zero-order valence-electron chi connectivity index (χ0n) is 7.13. The minimum Gasteiger partial charge on any atom is -0.388 e. The highest BCUT2D eigenvalue weighted by Crippen LogP contribution is 2.26. The summed E-state index contributed by atoms with van der Waals surface area (Å²) >= 11 is 13.1. The van der Waals surface area contributed by atoms with E-state index in [0.29, 0.717) is 15.8 Å². The first kappa shape index (κ1) is 11.2. The number of aliphatic hydroxyl groups excluding tert-OH is 1. The second-order valence-corrected chi connectivity index (χ2v) is 4.37. The van der Waals surface area contributed by atoms with Gasteiger partial charge in [-0.25, -0.2) is 0 Å². The quantitative estimate of drug-likeness (QED) is 0.869. The molecule has 1 N–H and O–H groups in total. The van der Waals surface area contributed by atoms with Crippen molar-refractivity contribution in [3.05, 3.63) is 33.8 Å². The van der Waals surface area contributed by atoms with Gasteiger partial charge in [0.1, 0.15) is 0 Å². The Labute approximate surface area is 92.1 Å². The van der Waals surface area contributed by atoms with E-state index in [-0.39, 0.29) is 0 Å². The molecule has 0 bridgehead atoms. The smallest absolute Gasteiger partial charge is 0.0880 e. The highest BCUT2D eigenvalue weighted by Gasteiger charge is 2.08. The van der Waals surface area contributed by atoms with Crippen LogP contribution in [-0.2, 0) is 0 Å². The average molecular weight is 237 g/mol. The molecule has 0 amide bonds. The Morgan fingerprint density at radius 1 is 1.38 bits per heavy atom. The van der Waals surface area contributed by atoms with Crippen molar-refractivity contribution in [3.8, 4) is 0 Å². The highest BCUT2D eigenvalue weighted by molar-refractivity contribution is 7.98. The summed E-state index contributed by atoms with van der Waals surface area (Å²) in [6.45, 7) is 0. The van der Waals surface area contributed by atoms with Crippen LogP contribution in [0.3, 0.4) is 0 Å². The van der Waals surface area contributed by atoms with Gasteiger partial charge in [0.2, 0.25) is 0 Å². The van der Waals surface area contributed by atoms with Crippen molar-refractivity contribution >= 4 is 35.0 Å². The van der Waals surface area contributed by atoms with Gasteiger partial charge in [-0.2, -0.15) is 11.8 Å². The summed E-state index contributed by atoms with van der Waals surface area (Å²) in [7, 11) is 0. The van der Waals surface area contributed by atoms with Crippen LogP contribution in [0.2, 0.25) is 10.0 Å². The third-order valence-electron chi connectivity index (χ3n) is 1.65. The van der Waals surface area contributed by atoms with Crippen molar-refractivity contribution in [1.29, 1.82) is 0 Å². The summed E-state index contributed by atoms with van der Waals surface area (Å²) in [4.78, 5) is 0. The molecule has 72 valence electrons. The molecule has 0 saturated heterocycles. The molecule has 4 heteroatoms. The van der Waals surface area contributed by atoms with Crippen molar-refractivity contribution in [2.75, 3.05) is 12.0 Å². The maximum atomic E-state index is 9.61. The van der Waals surface area contributed by atoms with E-state index < -0.39 is 6.10 Å². The first-order chi connectivity index (χ1) is 6.15. The summed E-state index contributed by atoms with van der Waals surface area (Å²) in [6.07, 6.45) is 1.48. The molecular weight excluding hydrogens is 227 g/mol. The van der Waals surface area contributed by atoms with E-state index in [2.05, 4.69) is 0 Å². The van der Waals surface area contributed by atoms with Gasteiger partial charge in [0.25, 0.3) is 0 Å². The minimum absolute atomic E-state index is 0.468. The molecule has 1 rings (SSSR count). The normalized spacial score (nSPS) is 12.9. The summed E-state index contributed by atoms with van der Waals surface area (Å²) < 4.78 is 0. The Hall–Kier alpha value is 0.110. The fourth-order valence-corrected chi connectivity index (χ4v) is 1.79. The molecule has 1 nitrogen and oxygen atoms in total. The molecule has 1 aromatic carbocycles. The molecule has 0 fully saturated rings. The number of rotatable bonds is 3. The summed E-state index contributed by atoms with van der Waals surface area (Å²) in [6, 6.07) is 5.18. The second kappa shape index (κ2) is 5.11. The number of hydrogen-bond donors (Lipinski definition) is 1. The van der Waals surface area contributed by atoms with Crippen LogP contribution in [0.4, 0.5) is 0 Å². The van der Waals surface area contributed by atoms with Gasteiger partial charge in [-0.05, 0) is 24.0 Å². The van der Waals surface area contributed by atoms with Gasteiger partial charge >= 0.3 is 0 Å². The van der Waals surface area contributed by atoms with Gasteiger partial charge in [-0.3, -0.25) is 0 Å². The maximum Gasteiger partial charge on any atom is 0.0880 e. The Bertz CT molecular complexity index is 291. The van der Waals surface area contributed by atoms with Gasteiger partial charge < -0.3 is 5.11 Å². The zero-order valence-corrected chi connectivity index (χ0v) is 9.46. The van der Waals surface area contributed by atoms with E-state index in [1.165, 1.54) is 0 Å². The number of benzene rings is 1. The Balaban J connectivity index is 2.84. The molecule has 0 aliphatic carbocycles. The fourth-order valence-electron chi connectivity index (χ4n) is 0.974. The predicted molar refractivity (Wildman–Crippen MR) is 59.8 cm³/mol. The standard InChI is InChI=1S/C9H10Cl2OS/c1-13-5-9(12)6-2-3-7(10)8(11)4-6/h2-4,9,12H,5H2,1H3. The number of hydrogen-bond acceptors (Lipinski definition) is 2. The van der Waals surface area contributed by atoms with Gasteiger partial charge in [-0.1, -0.05) is 29.3 Å². The first-order valence-electron chi connectivity index (χ1n) is 3.77. The third kappa shape index (κ3) is 3.06. The van der Waals surface area contributed by atoms with Crippen LogP contribution in [0, 0.1) is 0 Å². The lowest BCUT2D eigenvalue weighted by molar-refractivity contribution is 0.204. The lowest BCUT2D eigenvalue weighted by atomic mass is 10.1. The van der Waals surface area contributed by atoms with E-state index in [4.69, 9.17) is 23.2 Å². The largest absolute Gasteiger partial charge is 0.388 e. The summed E-state index contributed by atoms with van der Waals surface area (Å²) in [5.41, 5.74) is 0.809. The Kier molecular flexibility index (Phi) is 4.39. The topological polar surface area (TPSA) is 20.2 Å². The van der Waals surface area contributed by atoms with Crippen LogP contribution in [0.1, 0.15) is 11.7 Å². The van der Waals surface area contributed by atoms with E-state index in [9.17, 15) is 5.11 Å². The highest BCUT2D eigenvalue weighted by atomic mass is 35.5. The second-order valence-electron chi connectivity index (χ2n) is 2.64. The predicted octanol–water partition coefficient (Wildman–Crippen LogP) is 3.39. The van der Waals surface area contributed by atoms with Crippen LogP contribution in [0.5, 0.6) is 0 Å². The number of halogens is 2. The van der Waals surface area contributed by atoms with Crippen molar-refractivity contribution in [2.24, 2.45) is 0 Å². The SMILES string of the molecule is CSCC(O)c1ccc(Cl)c(Cl)c1. The van der Waals surface area contributed by atoms with E-state index in [1.807, 2.05) is 6.26 Å². The van der Waals surface area contributed by atoms with Crippen LogP contribution in [0.25, 0.3) is 0 Å². The van der Waals surface area contributed by atoms with Crippen molar-refractivity contribution in [3.63, 3.8) is 0 Å². The van der Waals surface area contributed by atoms with Crippen LogP contribution in [0.15, 0.2) is 18.2 Å². The molecule has 13 heavy (non-hydrogen) atoms. The molecule has 1 unspecified atom stereocenters. The minimum atomic E-state index is -0.468. The Morgan fingerprint density at radius 2 is 2.08 bits per heavy atom. The van der Waals surface area contributed by atoms with Crippen molar-refractivity contribution in [1.82, 2.24) is 0 Å². The average Bonchev–Trinajstić information content (AvgIpc) is 2.10. The van der Waals surface area contributed by atoms with Crippen LogP contribution >= 0.6 is 35.0 Å². The van der Waals surface area contributed by atoms with Crippen LogP contribution in [-0.4, -0.2) is 17.1 Å². The van der Waals surface area contributed by atoms with Gasteiger partial charge in [0.15, 0.2) is 0 Å². The summed E-state index contributed by atoms with van der Waals surface area (Å²) in [5.74, 6) is 0.665. The van der Waals surface area contributed by atoms with Gasteiger partial charge in [-0.15, -0.1) is 0 Å². The van der Waals surface area contributed by atoms with Crippen LogP contribution < -0.4 is 0 Å². The van der Waals surface area contributed by atoms with E-state index in [1.54, 1.807) is 30.0 Å². The molecular formula is C9H10Cl2OS. The van der Waals surface area contributed by atoms with Gasteiger partial charge in [0.05, 0.1) is 16.1 Å². The molecule has 0 saturated carbocycles. The molecule has 1 atom stereocenters. The van der Waals surface area contributed by atoms with E-state index >= 15 is 0 Å². The lowest BCUT2D eigenvalue weighted by Crippen LogP contribution is -1.99. The third-order valence-corrected chi connectivity index (χ3v) is 3.04. The van der Waals surface area contributed by atoms with Crippen molar-refractivity contribution in [2.45, 2.75) is 6.10 Å². The lowest BCUT2D eigenvalue weighted by Gasteiger charge is -2.09. The van der Waals surface area contributed by atoms with E-state index in [0.717, 1.165) is 5.56 Å². The Morgan fingerprint density at radius 3 is 2.62 bits per heavy atom. The maximum absolute atomic E-state index is 9.61. The summed E-state index contributed by atoms with van der Waals surface area (Å²) in [5, 5.41) is 10.6. The van der Waals surface area contributed by atoms with Gasteiger partial charge in [0, 0.05) is 5.75 Å². The monoisotopic (exact) mass is 236 g/mol. The molecule has 0 spiro atoms. The molecule has 0 aliphatic rings.